The summed E-state index contributed by atoms with van der Waals surface area (Å²) >= 11 is 0. The van der Waals surface area contributed by atoms with Gasteiger partial charge in [-0.25, -0.2) is 0 Å². The van der Waals surface area contributed by atoms with Crippen LogP contribution in [0.15, 0.2) is 60.7 Å². The highest BCUT2D eigenvalue weighted by atomic mass is 16.1. The zero-order valence-electron chi connectivity index (χ0n) is 13.3. The normalized spacial score (nSPS) is 20.0. The minimum absolute atomic E-state index is 0.125. The van der Waals surface area contributed by atoms with E-state index in [0.717, 1.165) is 11.1 Å². The Morgan fingerprint density at radius 1 is 1.00 bits per heavy atom. The molecule has 0 saturated carbocycles. The lowest BCUT2D eigenvalue weighted by Gasteiger charge is -2.20. The quantitative estimate of drug-likeness (QED) is 0.730. The third kappa shape index (κ3) is 2.33. The number of allylic oxidation sites excluding steroid dienone is 3. The zero-order chi connectivity index (χ0) is 15.7. The number of hydrogen-bond donors (Lipinski definition) is 0. The highest BCUT2D eigenvalue weighted by Crippen LogP contribution is 2.41. The highest BCUT2D eigenvalue weighted by Gasteiger charge is 2.37. The van der Waals surface area contributed by atoms with Gasteiger partial charge in [0.15, 0.2) is 5.78 Å². The van der Waals surface area contributed by atoms with Crippen molar-refractivity contribution in [2.24, 2.45) is 0 Å². The van der Waals surface area contributed by atoms with Crippen molar-refractivity contribution in [1.82, 2.24) is 0 Å². The molecule has 0 heterocycles. The van der Waals surface area contributed by atoms with Crippen LogP contribution in [-0.4, -0.2) is 5.78 Å². The van der Waals surface area contributed by atoms with Gasteiger partial charge in [0.05, 0.1) is 5.41 Å². The second-order valence-electron chi connectivity index (χ2n) is 6.13. The number of rotatable bonds is 3. The number of ketones is 1. The van der Waals surface area contributed by atoms with Gasteiger partial charge in [-0.05, 0) is 54.7 Å². The molecule has 0 spiro atoms. The Morgan fingerprint density at radius 3 is 2.45 bits per heavy atom. The van der Waals surface area contributed by atoms with Crippen LogP contribution in [0.3, 0.4) is 0 Å². The fourth-order valence-electron chi connectivity index (χ4n) is 3.18. The average Bonchev–Trinajstić information content (AvgIpc) is 2.79. The van der Waals surface area contributed by atoms with E-state index in [1.165, 1.54) is 16.7 Å². The van der Waals surface area contributed by atoms with E-state index in [1.54, 1.807) is 6.08 Å². The molecule has 1 nitrogen and oxygen atoms in total. The molecule has 0 aliphatic heterocycles. The second kappa shape index (κ2) is 5.42. The van der Waals surface area contributed by atoms with Gasteiger partial charge in [0, 0.05) is 0 Å². The smallest absolute Gasteiger partial charge is 0.169 e. The molecule has 0 radical (unpaired) electrons. The first kappa shape index (κ1) is 14.5. The fraction of sp³-hybridized carbons (Fsp3) is 0.190. The standard InChI is InChI=1S/C21H20O/c1-15-8-4-5-9-17(15)12-13-20(22)21(3)14-16(2)18-10-6-7-11-19(18)21/h4-14H,1-3H3/b13-12+. The minimum atomic E-state index is -0.556. The Bertz CT molecular complexity index is 795. The first-order chi connectivity index (χ1) is 10.5. The predicted molar refractivity (Wildman–Crippen MR) is 92.7 cm³/mol. The van der Waals surface area contributed by atoms with E-state index in [9.17, 15) is 4.79 Å². The molecule has 0 bridgehead atoms. The second-order valence-corrected chi connectivity index (χ2v) is 6.13. The molecule has 0 fully saturated rings. The van der Waals surface area contributed by atoms with Crippen molar-refractivity contribution in [3.63, 3.8) is 0 Å². The molecule has 1 heteroatoms. The molecule has 1 unspecified atom stereocenters. The van der Waals surface area contributed by atoms with Crippen molar-refractivity contribution >= 4 is 17.4 Å². The van der Waals surface area contributed by atoms with Crippen LogP contribution in [0.5, 0.6) is 0 Å². The largest absolute Gasteiger partial charge is 0.293 e. The topological polar surface area (TPSA) is 17.1 Å². The molecular weight excluding hydrogens is 268 g/mol. The molecule has 0 aromatic heterocycles. The fourth-order valence-corrected chi connectivity index (χ4v) is 3.18. The molecule has 0 N–H and O–H groups in total. The van der Waals surface area contributed by atoms with Gasteiger partial charge >= 0.3 is 0 Å². The van der Waals surface area contributed by atoms with Crippen LogP contribution in [0.25, 0.3) is 11.6 Å². The summed E-state index contributed by atoms with van der Waals surface area (Å²) in [5.74, 6) is 0.125. The molecular formula is C21H20O. The summed E-state index contributed by atoms with van der Waals surface area (Å²) in [7, 11) is 0. The summed E-state index contributed by atoms with van der Waals surface area (Å²) in [5.41, 5.74) is 5.17. The zero-order valence-corrected chi connectivity index (χ0v) is 13.3. The lowest BCUT2D eigenvalue weighted by Crippen LogP contribution is -2.27. The molecule has 2 aromatic rings. The van der Waals surface area contributed by atoms with Gasteiger partial charge in [0.1, 0.15) is 0 Å². The summed E-state index contributed by atoms with van der Waals surface area (Å²) in [4.78, 5) is 12.8. The molecule has 0 amide bonds. The predicted octanol–water partition coefficient (Wildman–Crippen LogP) is 4.95. The number of aryl methyl sites for hydroxylation is 1. The maximum absolute atomic E-state index is 12.8. The van der Waals surface area contributed by atoms with Gasteiger partial charge in [-0.2, -0.15) is 0 Å². The third-order valence-electron chi connectivity index (χ3n) is 4.53. The van der Waals surface area contributed by atoms with Crippen LogP contribution >= 0.6 is 0 Å². The molecule has 22 heavy (non-hydrogen) atoms. The van der Waals surface area contributed by atoms with Gasteiger partial charge in [-0.1, -0.05) is 60.7 Å². The number of hydrogen-bond acceptors (Lipinski definition) is 1. The first-order valence-corrected chi connectivity index (χ1v) is 7.60. The molecule has 110 valence electrons. The van der Waals surface area contributed by atoms with E-state index < -0.39 is 5.41 Å². The molecule has 2 aromatic carbocycles. The van der Waals surface area contributed by atoms with Crippen molar-refractivity contribution < 1.29 is 4.79 Å². The van der Waals surface area contributed by atoms with Gasteiger partial charge in [0.2, 0.25) is 0 Å². The Labute approximate surface area is 132 Å². The van der Waals surface area contributed by atoms with Gasteiger partial charge in [0.25, 0.3) is 0 Å². The van der Waals surface area contributed by atoms with Crippen LogP contribution in [0.4, 0.5) is 0 Å². The van der Waals surface area contributed by atoms with Crippen LogP contribution in [0.2, 0.25) is 0 Å². The molecule has 0 saturated heterocycles. The summed E-state index contributed by atoms with van der Waals surface area (Å²) < 4.78 is 0. The molecule has 1 atom stereocenters. The van der Waals surface area contributed by atoms with Gasteiger partial charge in [-0.15, -0.1) is 0 Å². The molecule has 1 aliphatic rings. The maximum atomic E-state index is 12.8. The summed E-state index contributed by atoms with van der Waals surface area (Å²) in [5, 5.41) is 0. The lowest BCUT2D eigenvalue weighted by molar-refractivity contribution is -0.117. The van der Waals surface area contributed by atoms with E-state index in [2.05, 4.69) is 38.1 Å². The first-order valence-electron chi connectivity index (χ1n) is 7.60. The van der Waals surface area contributed by atoms with E-state index in [-0.39, 0.29) is 5.78 Å². The lowest BCUT2D eigenvalue weighted by atomic mass is 9.80. The Morgan fingerprint density at radius 2 is 1.68 bits per heavy atom. The summed E-state index contributed by atoms with van der Waals surface area (Å²) in [6.07, 6.45) is 5.73. The van der Waals surface area contributed by atoms with Crippen LogP contribution in [0, 0.1) is 6.92 Å². The van der Waals surface area contributed by atoms with Crippen molar-refractivity contribution in [3.8, 4) is 0 Å². The van der Waals surface area contributed by atoms with Crippen LogP contribution in [-0.2, 0) is 10.2 Å². The number of benzene rings is 2. The van der Waals surface area contributed by atoms with Crippen LogP contribution in [0.1, 0.15) is 36.1 Å². The van der Waals surface area contributed by atoms with Crippen molar-refractivity contribution in [2.45, 2.75) is 26.2 Å². The van der Waals surface area contributed by atoms with E-state index in [0.29, 0.717) is 0 Å². The molecule has 1 aliphatic carbocycles. The maximum Gasteiger partial charge on any atom is 0.169 e. The van der Waals surface area contributed by atoms with E-state index in [1.807, 2.05) is 43.3 Å². The number of fused-ring (bicyclic) bond motifs is 1. The van der Waals surface area contributed by atoms with E-state index >= 15 is 0 Å². The minimum Gasteiger partial charge on any atom is -0.293 e. The monoisotopic (exact) mass is 288 g/mol. The Hall–Kier alpha value is -2.41. The van der Waals surface area contributed by atoms with Crippen molar-refractivity contribution in [1.29, 1.82) is 0 Å². The number of carbonyl (C=O) groups is 1. The Kier molecular flexibility index (Phi) is 3.58. The highest BCUT2D eigenvalue weighted by molar-refractivity contribution is 6.06. The van der Waals surface area contributed by atoms with Crippen molar-refractivity contribution in [2.75, 3.05) is 0 Å². The van der Waals surface area contributed by atoms with Crippen LogP contribution < -0.4 is 0 Å². The third-order valence-corrected chi connectivity index (χ3v) is 4.53. The SMILES string of the molecule is CC1=CC(C)(C(=O)/C=C/c2ccccc2C)c2ccccc21. The van der Waals surface area contributed by atoms with E-state index in [4.69, 9.17) is 0 Å². The van der Waals surface area contributed by atoms with Gasteiger partial charge in [-0.3, -0.25) is 4.79 Å². The van der Waals surface area contributed by atoms with Gasteiger partial charge < -0.3 is 0 Å². The summed E-state index contributed by atoms with van der Waals surface area (Å²) in [6.45, 7) is 6.13. The Balaban J connectivity index is 1.95. The van der Waals surface area contributed by atoms with Crippen molar-refractivity contribution in [3.05, 3.63) is 82.9 Å². The summed E-state index contributed by atoms with van der Waals surface area (Å²) in [6, 6.07) is 16.3. The molecule has 3 rings (SSSR count). The average molecular weight is 288 g/mol. The number of carbonyl (C=O) groups excluding carboxylic acids is 1.